The Morgan fingerprint density at radius 2 is 2.12 bits per heavy atom. The largest absolute Gasteiger partial charge is 0.493 e. The number of unbranched alkanes of at least 4 members (excludes halogenated alkanes) is 2. The van der Waals surface area contributed by atoms with E-state index < -0.39 is 0 Å². The minimum absolute atomic E-state index is 0.226. The molecule has 0 saturated heterocycles. The fraction of sp³-hybridized carbons (Fsp3) is 0.389. The Hall–Kier alpha value is -2.83. The van der Waals surface area contributed by atoms with E-state index in [9.17, 15) is 4.79 Å². The molecule has 2 N–H and O–H groups in total. The van der Waals surface area contributed by atoms with Gasteiger partial charge in [0, 0.05) is 11.8 Å². The van der Waals surface area contributed by atoms with Gasteiger partial charge in [0.1, 0.15) is 0 Å². The summed E-state index contributed by atoms with van der Waals surface area (Å²) in [5, 5.41) is 4.08. The molecule has 1 aromatic heterocycles. The molecule has 134 valence electrons. The quantitative estimate of drug-likeness (QED) is 0.414. The Kier molecular flexibility index (Phi) is 7.00. The zero-order valence-corrected chi connectivity index (χ0v) is 14.8. The van der Waals surface area contributed by atoms with Crippen LogP contribution >= 0.6 is 0 Å². The lowest BCUT2D eigenvalue weighted by Crippen LogP contribution is -2.10. The summed E-state index contributed by atoms with van der Waals surface area (Å²) in [6.45, 7) is 4.57. The highest BCUT2D eigenvalue weighted by Gasteiger charge is 2.05. The lowest BCUT2D eigenvalue weighted by molar-refractivity contribution is 0.286. The average Bonchev–Trinajstić information content (AvgIpc) is 2.58. The van der Waals surface area contributed by atoms with Gasteiger partial charge in [-0.25, -0.2) is 10.4 Å². The first-order chi connectivity index (χ1) is 12.1. The van der Waals surface area contributed by atoms with Crippen molar-refractivity contribution < 1.29 is 9.47 Å². The number of hydrogen-bond acceptors (Lipinski definition) is 6. The number of anilines is 1. The fourth-order valence-corrected chi connectivity index (χ4v) is 2.22. The number of aryl methyl sites for hydroxylation is 1. The van der Waals surface area contributed by atoms with Crippen molar-refractivity contribution in [2.45, 2.75) is 33.1 Å². The van der Waals surface area contributed by atoms with E-state index in [-0.39, 0.29) is 5.56 Å². The topological polar surface area (TPSA) is 88.6 Å². The summed E-state index contributed by atoms with van der Waals surface area (Å²) >= 11 is 0. The normalized spacial score (nSPS) is 10.8. The van der Waals surface area contributed by atoms with Crippen LogP contribution in [0.25, 0.3) is 0 Å². The molecule has 2 rings (SSSR count). The van der Waals surface area contributed by atoms with Crippen LogP contribution < -0.4 is 20.5 Å². The zero-order valence-electron chi connectivity index (χ0n) is 14.8. The van der Waals surface area contributed by atoms with Gasteiger partial charge in [0.2, 0.25) is 5.95 Å². The van der Waals surface area contributed by atoms with E-state index in [1.54, 1.807) is 20.2 Å². The van der Waals surface area contributed by atoms with Gasteiger partial charge in [-0.2, -0.15) is 5.10 Å². The molecule has 0 fully saturated rings. The molecule has 1 heterocycles. The van der Waals surface area contributed by atoms with Gasteiger partial charge >= 0.3 is 0 Å². The van der Waals surface area contributed by atoms with Crippen LogP contribution in [0.2, 0.25) is 0 Å². The monoisotopic (exact) mass is 344 g/mol. The number of nitrogens with zero attached hydrogens (tertiary/aromatic N) is 2. The molecular weight excluding hydrogens is 320 g/mol. The molecule has 0 aliphatic heterocycles. The lowest BCUT2D eigenvalue weighted by Gasteiger charge is -2.11. The highest BCUT2D eigenvalue weighted by Crippen LogP contribution is 2.27. The minimum atomic E-state index is -0.226. The Bertz CT molecular complexity index is 771. The number of ether oxygens (including phenoxy) is 2. The van der Waals surface area contributed by atoms with Crippen molar-refractivity contribution in [1.82, 2.24) is 9.97 Å². The van der Waals surface area contributed by atoms with Crippen molar-refractivity contribution in [3.05, 3.63) is 45.9 Å². The smallest absolute Gasteiger partial charge is 0.252 e. The van der Waals surface area contributed by atoms with Gasteiger partial charge in [0.05, 0.1) is 19.9 Å². The molecule has 0 radical (unpaired) electrons. The van der Waals surface area contributed by atoms with Crippen LogP contribution in [0.5, 0.6) is 11.5 Å². The number of hydrogen-bond donors (Lipinski definition) is 2. The molecule has 25 heavy (non-hydrogen) atoms. The van der Waals surface area contributed by atoms with Crippen LogP contribution in [0.3, 0.4) is 0 Å². The van der Waals surface area contributed by atoms with E-state index in [0.717, 1.165) is 24.8 Å². The molecule has 2 aromatic rings. The SMILES string of the molecule is CCCCCOc1ccc(/C=N\Nc2nc(C)cc(=O)[nH]2)cc1OC. The molecule has 0 saturated carbocycles. The zero-order chi connectivity index (χ0) is 18.1. The summed E-state index contributed by atoms with van der Waals surface area (Å²) in [5.74, 6) is 1.67. The van der Waals surface area contributed by atoms with E-state index >= 15 is 0 Å². The van der Waals surface area contributed by atoms with Crippen LogP contribution in [0.4, 0.5) is 5.95 Å². The molecule has 0 spiro atoms. The second-order valence-electron chi connectivity index (χ2n) is 5.57. The third kappa shape index (κ3) is 5.95. The standard InChI is InChI=1S/C18H24N4O3/c1-4-5-6-9-25-15-8-7-14(11-16(15)24-3)12-19-22-18-20-13(2)10-17(23)21-18/h7-8,10-12H,4-6,9H2,1-3H3,(H2,20,21,22,23)/b19-12-. The van der Waals surface area contributed by atoms with Crippen molar-refractivity contribution in [2.24, 2.45) is 5.10 Å². The first kappa shape index (κ1) is 18.5. The minimum Gasteiger partial charge on any atom is -0.493 e. The number of H-pyrrole nitrogens is 1. The van der Waals surface area contributed by atoms with Gasteiger partial charge < -0.3 is 9.47 Å². The van der Waals surface area contributed by atoms with Crippen LogP contribution in [0.15, 0.2) is 34.2 Å². The van der Waals surface area contributed by atoms with E-state index in [4.69, 9.17) is 9.47 Å². The number of aromatic nitrogens is 2. The average molecular weight is 344 g/mol. The van der Waals surface area contributed by atoms with Crippen LogP contribution in [-0.2, 0) is 0 Å². The Balaban J connectivity index is 2.00. The maximum Gasteiger partial charge on any atom is 0.252 e. The molecule has 0 amide bonds. The van der Waals surface area contributed by atoms with Crippen molar-refractivity contribution in [1.29, 1.82) is 0 Å². The van der Waals surface area contributed by atoms with Crippen LogP contribution in [-0.4, -0.2) is 29.9 Å². The second-order valence-corrected chi connectivity index (χ2v) is 5.57. The molecular formula is C18H24N4O3. The number of hydrazone groups is 1. The summed E-state index contributed by atoms with van der Waals surface area (Å²) in [7, 11) is 1.61. The van der Waals surface area contributed by atoms with E-state index in [0.29, 0.717) is 29.7 Å². The predicted molar refractivity (Wildman–Crippen MR) is 98.8 cm³/mol. The van der Waals surface area contributed by atoms with Gasteiger partial charge in [-0.15, -0.1) is 0 Å². The molecule has 0 atom stereocenters. The Morgan fingerprint density at radius 3 is 2.84 bits per heavy atom. The lowest BCUT2D eigenvalue weighted by atomic mass is 10.2. The van der Waals surface area contributed by atoms with Crippen molar-refractivity contribution in [3.8, 4) is 11.5 Å². The molecule has 1 aromatic carbocycles. The van der Waals surface area contributed by atoms with Crippen molar-refractivity contribution >= 4 is 12.2 Å². The molecule has 0 aliphatic rings. The summed E-state index contributed by atoms with van der Waals surface area (Å²) in [4.78, 5) is 18.1. The maximum absolute atomic E-state index is 11.4. The van der Waals surface area contributed by atoms with Crippen molar-refractivity contribution in [3.63, 3.8) is 0 Å². The number of aromatic amines is 1. The summed E-state index contributed by atoms with van der Waals surface area (Å²) in [6.07, 6.45) is 4.94. The molecule has 7 heteroatoms. The number of rotatable bonds is 9. The molecule has 7 nitrogen and oxygen atoms in total. The van der Waals surface area contributed by atoms with Gasteiger partial charge in [0.15, 0.2) is 11.5 Å². The Morgan fingerprint density at radius 1 is 1.28 bits per heavy atom. The van der Waals surface area contributed by atoms with Gasteiger partial charge in [-0.3, -0.25) is 9.78 Å². The highest BCUT2D eigenvalue weighted by atomic mass is 16.5. The molecule has 0 bridgehead atoms. The van der Waals surface area contributed by atoms with E-state index in [1.165, 1.54) is 6.07 Å². The fourth-order valence-electron chi connectivity index (χ4n) is 2.22. The first-order valence-corrected chi connectivity index (χ1v) is 8.30. The number of methoxy groups -OCH3 is 1. The summed E-state index contributed by atoms with van der Waals surface area (Å²) in [6, 6.07) is 7.00. The third-order valence-electron chi connectivity index (χ3n) is 3.45. The second kappa shape index (κ2) is 9.46. The van der Waals surface area contributed by atoms with Crippen LogP contribution in [0, 0.1) is 6.92 Å². The van der Waals surface area contributed by atoms with E-state index in [1.807, 2.05) is 18.2 Å². The van der Waals surface area contributed by atoms with Gasteiger partial charge in [-0.1, -0.05) is 19.8 Å². The Labute approximate surface area is 147 Å². The van der Waals surface area contributed by atoms with Crippen LogP contribution in [0.1, 0.15) is 37.4 Å². The molecule has 0 aliphatic carbocycles. The highest BCUT2D eigenvalue weighted by molar-refractivity contribution is 5.81. The van der Waals surface area contributed by atoms with Gasteiger partial charge in [-0.05, 0) is 37.1 Å². The predicted octanol–water partition coefficient (Wildman–Crippen LogP) is 3.10. The summed E-state index contributed by atoms with van der Waals surface area (Å²) in [5.41, 5.74) is 3.93. The molecule has 0 unspecified atom stereocenters. The van der Waals surface area contributed by atoms with E-state index in [2.05, 4.69) is 27.4 Å². The summed E-state index contributed by atoms with van der Waals surface area (Å²) < 4.78 is 11.1. The number of nitrogens with one attached hydrogen (secondary N) is 2. The third-order valence-corrected chi connectivity index (χ3v) is 3.45. The first-order valence-electron chi connectivity index (χ1n) is 8.30. The number of benzene rings is 1. The van der Waals surface area contributed by atoms with Gasteiger partial charge in [0.25, 0.3) is 5.56 Å². The van der Waals surface area contributed by atoms with Crippen molar-refractivity contribution in [2.75, 3.05) is 19.1 Å². The maximum atomic E-state index is 11.4.